The molecule has 1 amide bonds. The Morgan fingerprint density at radius 1 is 1.23 bits per heavy atom. The molecule has 0 radical (unpaired) electrons. The lowest BCUT2D eigenvalue weighted by atomic mass is 9.73. The minimum absolute atomic E-state index is 0.0246. The SMILES string of the molecule is CC(C)Oc1ccc(NC(=O)C2CC3CCC2N(S(=O)(=O)c2cc(Cl)sc2Cl)C3)cc1. The highest BCUT2D eigenvalue weighted by molar-refractivity contribution is 7.89. The summed E-state index contributed by atoms with van der Waals surface area (Å²) in [7, 11) is -3.83. The molecule has 3 heterocycles. The number of carbonyl (C=O) groups is 1. The Hall–Kier alpha value is -1.32. The fraction of sp³-hybridized carbons (Fsp3) is 0.476. The summed E-state index contributed by atoms with van der Waals surface area (Å²) in [6.07, 6.45) is 2.31. The Balaban J connectivity index is 1.52. The van der Waals surface area contributed by atoms with Gasteiger partial charge in [-0.15, -0.1) is 11.3 Å². The highest BCUT2D eigenvalue weighted by Gasteiger charge is 2.49. The van der Waals surface area contributed by atoms with Gasteiger partial charge in [0.05, 0.1) is 16.4 Å². The van der Waals surface area contributed by atoms with E-state index in [-0.39, 0.29) is 27.2 Å². The van der Waals surface area contributed by atoms with E-state index in [9.17, 15) is 13.2 Å². The maximum atomic E-state index is 13.3. The number of halogens is 2. The Labute approximate surface area is 196 Å². The van der Waals surface area contributed by atoms with Gasteiger partial charge in [-0.1, -0.05) is 23.2 Å². The summed E-state index contributed by atoms with van der Waals surface area (Å²) >= 11 is 13.1. The zero-order chi connectivity index (χ0) is 22.3. The van der Waals surface area contributed by atoms with Crippen LogP contribution in [0.25, 0.3) is 0 Å². The number of piperidine rings is 2. The molecule has 31 heavy (non-hydrogen) atoms. The van der Waals surface area contributed by atoms with Gasteiger partial charge in [-0.3, -0.25) is 4.79 Å². The first-order valence-electron chi connectivity index (χ1n) is 10.2. The number of carbonyl (C=O) groups excluding carboxylic acids is 1. The molecule has 1 aromatic carbocycles. The third-order valence-corrected chi connectivity index (χ3v) is 9.42. The summed E-state index contributed by atoms with van der Waals surface area (Å²) in [5, 5.41) is 2.94. The number of nitrogens with zero attached hydrogens (tertiary/aromatic N) is 1. The predicted molar refractivity (Wildman–Crippen MR) is 124 cm³/mol. The molecule has 3 aliphatic rings. The molecule has 3 unspecified atom stereocenters. The van der Waals surface area contributed by atoms with Crippen molar-refractivity contribution >= 4 is 56.2 Å². The van der Waals surface area contributed by atoms with Crippen LogP contribution in [0.5, 0.6) is 5.75 Å². The number of amides is 1. The minimum atomic E-state index is -3.83. The van der Waals surface area contributed by atoms with Crippen LogP contribution < -0.4 is 10.1 Å². The third kappa shape index (κ3) is 4.73. The molecular formula is C21H24Cl2N2O4S2. The molecule has 2 aromatic rings. The number of rotatable bonds is 6. The van der Waals surface area contributed by atoms with E-state index >= 15 is 0 Å². The molecule has 5 rings (SSSR count). The van der Waals surface area contributed by atoms with Gasteiger partial charge in [-0.25, -0.2) is 8.42 Å². The lowest BCUT2D eigenvalue weighted by Gasteiger charge is -2.48. The zero-order valence-electron chi connectivity index (χ0n) is 17.2. The molecule has 168 valence electrons. The Morgan fingerprint density at radius 2 is 1.94 bits per heavy atom. The first-order valence-corrected chi connectivity index (χ1v) is 13.2. The van der Waals surface area contributed by atoms with E-state index in [2.05, 4.69) is 5.32 Å². The van der Waals surface area contributed by atoms with Gasteiger partial charge in [0.25, 0.3) is 0 Å². The van der Waals surface area contributed by atoms with Crippen LogP contribution in [0.3, 0.4) is 0 Å². The van der Waals surface area contributed by atoms with Gasteiger partial charge in [0.2, 0.25) is 15.9 Å². The molecule has 3 fully saturated rings. The van der Waals surface area contributed by atoms with E-state index in [0.717, 1.165) is 23.5 Å². The minimum Gasteiger partial charge on any atom is -0.491 e. The number of ether oxygens (including phenoxy) is 1. The summed E-state index contributed by atoms with van der Waals surface area (Å²) in [4.78, 5) is 13.1. The van der Waals surface area contributed by atoms with Crippen LogP contribution in [0.2, 0.25) is 8.67 Å². The van der Waals surface area contributed by atoms with Gasteiger partial charge in [0.1, 0.15) is 15.0 Å². The molecule has 1 aromatic heterocycles. The first-order chi connectivity index (χ1) is 14.6. The van der Waals surface area contributed by atoms with Crippen molar-refractivity contribution in [2.45, 2.75) is 50.2 Å². The second kappa shape index (κ2) is 8.90. The molecule has 1 N–H and O–H groups in total. The number of thiophene rings is 1. The van der Waals surface area contributed by atoms with Crippen molar-refractivity contribution in [1.82, 2.24) is 4.31 Å². The average Bonchev–Trinajstić information content (AvgIpc) is 3.08. The molecule has 1 saturated carbocycles. The molecule has 10 heteroatoms. The summed E-state index contributed by atoms with van der Waals surface area (Å²) in [5.74, 6) is 0.293. The van der Waals surface area contributed by atoms with E-state index in [1.807, 2.05) is 26.0 Å². The quantitative estimate of drug-likeness (QED) is 0.583. The first kappa shape index (κ1) is 22.9. The smallest absolute Gasteiger partial charge is 0.245 e. The fourth-order valence-electron chi connectivity index (χ4n) is 4.45. The number of sulfonamides is 1. The molecule has 3 atom stereocenters. The largest absolute Gasteiger partial charge is 0.491 e. The molecule has 0 spiro atoms. The summed E-state index contributed by atoms with van der Waals surface area (Å²) in [6, 6.07) is 8.19. The summed E-state index contributed by atoms with van der Waals surface area (Å²) in [5.41, 5.74) is 0.657. The second-order valence-electron chi connectivity index (χ2n) is 8.30. The van der Waals surface area contributed by atoms with Crippen molar-refractivity contribution < 1.29 is 17.9 Å². The molecule has 6 nitrogen and oxygen atoms in total. The van der Waals surface area contributed by atoms with Gasteiger partial charge in [-0.05, 0) is 69.4 Å². The van der Waals surface area contributed by atoms with Crippen LogP contribution in [0.4, 0.5) is 5.69 Å². The molecule has 2 bridgehead atoms. The monoisotopic (exact) mass is 502 g/mol. The van der Waals surface area contributed by atoms with Gasteiger partial charge in [0.15, 0.2) is 0 Å². The maximum absolute atomic E-state index is 13.3. The van der Waals surface area contributed by atoms with E-state index in [0.29, 0.717) is 29.4 Å². The van der Waals surface area contributed by atoms with Crippen LogP contribution in [0, 0.1) is 11.8 Å². The average molecular weight is 503 g/mol. The van der Waals surface area contributed by atoms with Crippen molar-refractivity contribution in [3.05, 3.63) is 39.0 Å². The Morgan fingerprint density at radius 3 is 2.52 bits per heavy atom. The van der Waals surface area contributed by atoms with Gasteiger partial charge in [-0.2, -0.15) is 4.31 Å². The third-order valence-electron chi connectivity index (χ3n) is 5.77. The summed E-state index contributed by atoms with van der Waals surface area (Å²) in [6.45, 7) is 4.30. The van der Waals surface area contributed by atoms with E-state index in [4.69, 9.17) is 27.9 Å². The van der Waals surface area contributed by atoms with E-state index in [1.54, 1.807) is 12.1 Å². The summed E-state index contributed by atoms with van der Waals surface area (Å²) < 4.78 is 34.2. The molecular weight excluding hydrogens is 479 g/mol. The van der Waals surface area contributed by atoms with Gasteiger partial charge < -0.3 is 10.1 Å². The van der Waals surface area contributed by atoms with Crippen molar-refractivity contribution in [2.24, 2.45) is 11.8 Å². The predicted octanol–water partition coefficient (Wildman–Crippen LogP) is 5.27. The van der Waals surface area contributed by atoms with Gasteiger partial charge in [0, 0.05) is 18.3 Å². The lowest BCUT2D eigenvalue weighted by Crippen LogP contribution is -2.57. The van der Waals surface area contributed by atoms with Crippen LogP contribution in [-0.4, -0.2) is 37.3 Å². The Bertz CT molecular complexity index is 1070. The molecule has 2 saturated heterocycles. The fourth-order valence-corrected chi connectivity index (χ4v) is 8.33. The van der Waals surface area contributed by atoms with Gasteiger partial charge >= 0.3 is 0 Å². The number of fused-ring (bicyclic) bond motifs is 3. The molecule has 1 aliphatic carbocycles. The van der Waals surface area contributed by atoms with Crippen LogP contribution in [0.1, 0.15) is 33.1 Å². The topological polar surface area (TPSA) is 75.7 Å². The maximum Gasteiger partial charge on any atom is 0.245 e. The van der Waals surface area contributed by atoms with Crippen molar-refractivity contribution in [3.63, 3.8) is 0 Å². The molecule has 2 aliphatic heterocycles. The second-order valence-corrected chi connectivity index (χ2v) is 12.4. The van der Waals surface area contributed by atoms with Crippen molar-refractivity contribution in [2.75, 3.05) is 11.9 Å². The van der Waals surface area contributed by atoms with Crippen LogP contribution in [-0.2, 0) is 14.8 Å². The normalized spacial score (nSPS) is 23.8. The van der Waals surface area contributed by atoms with Crippen molar-refractivity contribution in [1.29, 1.82) is 0 Å². The highest BCUT2D eigenvalue weighted by Crippen LogP contribution is 2.44. The van der Waals surface area contributed by atoms with Crippen LogP contribution >= 0.6 is 34.5 Å². The van der Waals surface area contributed by atoms with Crippen molar-refractivity contribution in [3.8, 4) is 5.75 Å². The number of nitrogens with one attached hydrogen (secondary N) is 1. The van der Waals surface area contributed by atoms with E-state index in [1.165, 1.54) is 10.4 Å². The standard InChI is InChI=1S/C21H24Cl2N2O4S2/c1-12(2)29-15-6-4-14(5-7-15)24-21(26)16-9-13-3-8-17(16)25(11-13)31(27,28)18-10-19(22)30-20(18)23/h4-7,10,12-13,16-17H,3,8-9,11H2,1-2H3,(H,24,26). The number of benzene rings is 1. The highest BCUT2D eigenvalue weighted by atomic mass is 35.5. The van der Waals surface area contributed by atoms with Crippen LogP contribution in [0.15, 0.2) is 35.2 Å². The number of anilines is 1. The Kier molecular flexibility index (Phi) is 6.57. The van der Waals surface area contributed by atoms with E-state index < -0.39 is 22.0 Å². The number of hydrogen-bond acceptors (Lipinski definition) is 5. The number of hydrogen-bond donors (Lipinski definition) is 1. The zero-order valence-corrected chi connectivity index (χ0v) is 20.3. The lowest BCUT2D eigenvalue weighted by molar-refractivity contribution is -0.125.